The summed E-state index contributed by atoms with van der Waals surface area (Å²) in [6, 6.07) is 18.4. The Bertz CT molecular complexity index is 1100. The van der Waals surface area contributed by atoms with Gasteiger partial charge in [0.25, 0.3) is 5.56 Å². The molecule has 1 unspecified atom stereocenters. The lowest BCUT2D eigenvalue weighted by atomic mass is 10.1. The van der Waals surface area contributed by atoms with Crippen LogP contribution in [0.4, 0.5) is 0 Å². The maximum atomic E-state index is 12.8. The molecule has 5 nitrogen and oxygen atoms in total. The van der Waals surface area contributed by atoms with Gasteiger partial charge in [0.2, 0.25) is 0 Å². The third kappa shape index (κ3) is 3.14. The van der Waals surface area contributed by atoms with Gasteiger partial charge in [0.05, 0.1) is 18.3 Å². The average molecular weight is 366 g/mol. The van der Waals surface area contributed by atoms with E-state index in [4.69, 9.17) is 11.6 Å². The Labute approximate surface area is 154 Å². The molecule has 0 aliphatic rings. The topological polar surface area (TPSA) is 59.5 Å². The normalized spacial score (nSPS) is 12.4. The van der Waals surface area contributed by atoms with E-state index in [0.29, 0.717) is 16.1 Å². The van der Waals surface area contributed by atoms with E-state index in [9.17, 15) is 9.90 Å². The summed E-state index contributed by atoms with van der Waals surface area (Å²) in [6.45, 7) is 0.156. The number of hydrogen-bond acceptors (Lipinski definition) is 3. The van der Waals surface area contributed by atoms with Crippen molar-refractivity contribution in [2.75, 3.05) is 0 Å². The minimum Gasteiger partial charge on any atom is -0.387 e. The maximum Gasteiger partial charge on any atom is 0.276 e. The van der Waals surface area contributed by atoms with Crippen LogP contribution in [0.3, 0.4) is 0 Å². The van der Waals surface area contributed by atoms with Crippen molar-refractivity contribution in [3.8, 4) is 11.3 Å². The Balaban J connectivity index is 1.67. The molecule has 26 heavy (non-hydrogen) atoms. The smallest absolute Gasteiger partial charge is 0.276 e. The molecule has 2 aromatic heterocycles. The van der Waals surface area contributed by atoms with Crippen LogP contribution in [0, 0.1) is 0 Å². The lowest BCUT2D eigenvalue weighted by Gasteiger charge is -2.13. The Morgan fingerprint density at radius 2 is 1.77 bits per heavy atom. The molecule has 2 heterocycles. The van der Waals surface area contributed by atoms with Crippen LogP contribution in [0.15, 0.2) is 77.9 Å². The number of halogens is 1. The Hall–Kier alpha value is -2.89. The average Bonchev–Trinajstić information content (AvgIpc) is 3.10. The van der Waals surface area contributed by atoms with Crippen LogP contribution in [0.25, 0.3) is 16.8 Å². The fraction of sp³-hybridized carbons (Fsp3) is 0.100. The molecular weight excluding hydrogens is 350 g/mol. The minimum absolute atomic E-state index is 0.156. The van der Waals surface area contributed by atoms with Crippen molar-refractivity contribution < 1.29 is 5.11 Å². The predicted octanol–water partition coefficient (Wildman–Crippen LogP) is 3.55. The first-order chi connectivity index (χ1) is 12.6. The highest BCUT2D eigenvalue weighted by Gasteiger charge is 2.13. The first-order valence-corrected chi connectivity index (χ1v) is 8.57. The summed E-state index contributed by atoms with van der Waals surface area (Å²) in [7, 11) is 0. The molecule has 2 aromatic carbocycles. The summed E-state index contributed by atoms with van der Waals surface area (Å²) in [5.74, 6) is 0. The number of aliphatic hydroxyl groups is 1. The van der Waals surface area contributed by atoms with Gasteiger partial charge in [-0.05, 0) is 23.8 Å². The molecule has 0 radical (unpaired) electrons. The zero-order valence-electron chi connectivity index (χ0n) is 13.8. The third-order valence-electron chi connectivity index (χ3n) is 4.30. The van der Waals surface area contributed by atoms with Crippen molar-refractivity contribution in [3.63, 3.8) is 0 Å². The molecule has 0 bridgehead atoms. The van der Waals surface area contributed by atoms with E-state index in [2.05, 4.69) is 5.10 Å². The number of rotatable bonds is 4. The summed E-state index contributed by atoms with van der Waals surface area (Å²) >= 11 is 5.87. The fourth-order valence-electron chi connectivity index (χ4n) is 2.90. The van der Waals surface area contributed by atoms with Crippen molar-refractivity contribution >= 4 is 17.1 Å². The summed E-state index contributed by atoms with van der Waals surface area (Å²) in [5.41, 5.74) is 2.66. The molecule has 0 saturated carbocycles. The largest absolute Gasteiger partial charge is 0.387 e. The van der Waals surface area contributed by atoms with Gasteiger partial charge in [-0.3, -0.25) is 4.79 Å². The predicted molar refractivity (Wildman–Crippen MR) is 101 cm³/mol. The Morgan fingerprint density at radius 1 is 1.04 bits per heavy atom. The van der Waals surface area contributed by atoms with Gasteiger partial charge in [0.1, 0.15) is 5.52 Å². The molecule has 1 N–H and O–H groups in total. The van der Waals surface area contributed by atoms with E-state index in [1.165, 1.54) is 4.57 Å². The Kier molecular flexibility index (Phi) is 4.32. The zero-order valence-corrected chi connectivity index (χ0v) is 14.5. The highest BCUT2D eigenvalue weighted by Crippen LogP contribution is 2.19. The van der Waals surface area contributed by atoms with Crippen LogP contribution < -0.4 is 5.56 Å². The highest BCUT2D eigenvalue weighted by atomic mass is 35.5. The molecule has 0 spiro atoms. The van der Waals surface area contributed by atoms with Crippen molar-refractivity contribution in [2.24, 2.45) is 0 Å². The van der Waals surface area contributed by atoms with Crippen LogP contribution in [0.5, 0.6) is 0 Å². The fourth-order valence-corrected chi connectivity index (χ4v) is 3.02. The minimum atomic E-state index is -0.802. The van der Waals surface area contributed by atoms with Crippen LogP contribution >= 0.6 is 11.6 Å². The lowest BCUT2D eigenvalue weighted by molar-refractivity contribution is 0.155. The number of nitrogens with zero attached hydrogens (tertiary/aromatic N) is 3. The molecule has 6 heteroatoms. The molecule has 4 rings (SSSR count). The van der Waals surface area contributed by atoms with Gasteiger partial charge in [-0.1, -0.05) is 54.1 Å². The summed E-state index contributed by atoms with van der Waals surface area (Å²) in [4.78, 5) is 12.8. The van der Waals surface area contributed by atoms with Crippen molar-refractivity contribution in [3.05, 3.63) is 94.0 Å². The van der Waals surface area contributed by atoms with Crippen LogP contribution in [-0.2, 0) is 6.54 Å². The van der Waals surface area contributed by atoms with Gasteiger partial charge in [-0.2, -0.15) is 5.10 Å². The molecule has 0 aliphatic heterocycles. The summed E-state index contributed by atoms with van der Waals surface area (Å²) < 4.78 is 3.06. The first-order valence-electron chi connectivity index (χ1n) is 8.19. The summed E-state index contributed by atoms with van der Waals surface area (Å²) in [5, 5.41) is 15.5. The molecule has 0 saturated heterocycles. The third-order valence-corrected chi connectivity index (χ3v) is 4.55. The molecule has 0 fully saturated rings. The van der Waals surface area contributed by atoms with Gasteiger partial charge in [-0.15, -0.1) is 0 Å². The van der Waals surface area contributed by atoms with Crippen molar-refractivity contribution in [2.45, 2.75) is 12.6 Å². The van der Waals surface area contributed by atoms with Crippen molar-refractivity contribution in [1.29, 1.82) is 0 Å². The standard InChI is InChI=1S/C20H16ClN3O2/c21-16-8-6-15(7-9-16)19(25)13-23-10-11-24-18(20(23)26)12-17(22-24)14-4-2-1-3-5-14/h1-12,19,25H,13H2. The van der Waals surface area contributed by atoms with E-state index in [1.807, 2.05) is 30.3 Å². The van der Waals surface area contributed by atoms with E-state index in [-0.39, 0.29) is 12.1 Å². The molecular formula is C20H16ClN3O2. The number of hydrogen-bond donors (Lipinski definition) is 1. The van der Waals surface area contributed by atoms with E-state index < -0.39 is 6.10 Å². The SMILES string of the molecule is O=c1c2cc(-c3ccccc3)nn2ccn1CC(O)c1ccc(Cl)cc1. The van der Waals surface area contributed by atoms with Gasteiger partial charge < -0.3 is 9.67 Å². The number of aliphatic hydroxyl groups excluding tert-OH is 1. The Morgan fingerprint density at radius 3 is 2.50 bits per heavy atom. The van der Waals surface area contributed by atoms with Crippen LogP contribution in [0.2, 0.25) is 5.02 Å². The van der Waals surface area contributed by atoms with Gasteiger partial charge in [0.15, 0.2) is 0 Å². The lowest BCUT2D eigenvalue weighted by Crippen LogP contribution is -2.24. The van der Waals surface area contributed by atoms with E-state index in [1.54, 1.807) is 47.2 Å². The van der Waals surface area contributed by atoms with Gasteiger partial charge in [0, 0.05) is 23.0 Å². The monoisotopic (exact) mass is 365 g/mol. The molecule has 130 valence electrons. The zero-order chi connectivity index (χ0) is 18.1. The first kappa shape index (κ1) is 16.6. The number of fused-ring (bicyclic) bond motifs is 1. The number of benzene rings is 2. The van der Waals surface area contributed by atoms with Crippen LogP contribution in [0.1, 0.15) is 11.7 Å². The molecule has 4 aromatic rings. The van der Waals surface area contributed by atoms with E-state index >= 15 is 0 Å². The second-order valence-electron chi connectivity index (χ2n) is 6.05. The quantitative estimate of drug-likeness (QED) is 0.601. The summed E-state index contributed by atoms with van der Waals surface area (Å²) in [6.07, 6.45) is 2.55. The molecule has 0 aliphatic carbocycles. The second kappa shape index (κ2) is 6.78. The van der Waals surface area contributed by atoms with Crippen LogP contribution in [-0.4, -0.2) is 19.3 Å². The van der Waals surface area contributed by atoms with Gasteiger partial charge >= 0.3 is 0 Å². The van der Waals surface area contributed by atoms with E-state index in [0.717, 1.165) is 11.3 Å². The van der Waals surface area contributed by atoms with Crippen molar-refractivity contribution in [1.82, 2.24) is 14.2 Å². The maximum absolute atomic E-state index is 12.8. The number of aromatic nitrogens is 3. The molecule has 1 atom stereocenters. The highest BCUT2D eigenvalue weighted by molar-refractivity contribution is 6.30. The molecule has 0 amide bonds. The van der Waals surface area contributed by atoms with Gasteiger partial charge in [-0.25, -0.2) is 4.52 Å². The second-order valence-corrected chi connectivity index (χ2v) is 6.48.